The Labute approximate surface area is 145 Å². The molecule has 1 aliphatic carbocycles. The summed E-state index contributed by atoms with van der Waals surface area (Å²) in [4.78, 5) is 12.8. The number of halogens is 1. The van der Waals surface area contributed by atoms with Gasteiger partial charge < -0.3 is 15.2 Å². The minimum atomic E-state index is -0.882. The van der Waals surface area contributed by atoms with E-state index in [2.05, 4.69) is 0 Å². The Morgan fingerprint density at radius 1 is 1.40 bits per heavy atom. The van der Waals surface area contributed by atoms with E-state index in [1.807, 2.05) is 19.9 Å². The second kappa shape index (κ2) is 5.92. The van der Waals surface area contributed by atoms with Crippen LogP contribution in [0.15, 0.2) is 41.0 Å². The van der Waals surface area contributed by atoms with Crippen LogP contribution < -0.4 is 10.5 Å². The molecule has 0 radical (unpaired) electrons. The molecule has 130 valence electrons. The van der Waals surface area contributed by atoms with Crippen LogP contribution in [0.2, 0.25) is 0 Å². The van der Waals surface area contributed by atoms with E-state index in [4.69, 9.17) is 15.2 Å². The number of nitrogens with two attached hydrogens (primary N) is 1. The molecule has 0 unspecified atom stereocenters. The van der Waals surface area contributed by atoms with E-state index < -0.39 is 11.7 Å². The van der Waals surface area contributed by atoms with Gasteiger partial charge in [-0.1, -0.05) is 13.8 Å². The van der Waals surface area contributed by atoms with E-state index in [-0.39, 0.29) is 28.2 Å². The van der Waals surface area contributed by atoms with Crippen LogP contribution >= 0.6 is 0 Å². The maximum Gasteiger partial charge on any atom is 0.205 e. The summed E-state index contributed by atoms with van der Waals surface area (Å²) in [6, 6.07) is 6.21. The predicted molar refractivity (Wildman–Crippen MR) is 88.7 cm³/mol. The third-order valence-corrected chi connectivity index (χ3v) is 4.59. The molecule has 1 aliphatic heterocycles. The van der Waals surface area contributed by atoms with Crippen LogP contribution in [0.25, 0.3) is 0 Å². The van der Waals surface area contributed by atoms with Gasteiger partial charge in [-0.3, -0.25) is 4.79 Å². The quantitative estimate of drug-likeness (QED) is 0.891. The van der Waals surface area contributed by atoms with Crippen molar-refractivity contribution in [3.8, 4) is 11.8 Å². The number of hydrogen-bond donors (Lipinski definition) is 1. The number of ether oxygens (including phenoxy) is 2. The Balaban J connectivity index is 2.23. The molecule has 6 heteroatoms. The third kappa shape index (κ3) is 2.86. The van der Waals surface area contributed by atoms with Crippen molar-refractivity contribution in [3.05, 3.63) is 52.4 Å². The molecular formula is C19H19FN2O3. The van der Waals surface area contributed by atoms with E-state index >= 15 is 0 Å². The molecule has 2 aliphatic rings. The second-order valence-corrected chi connectivity index (χ2v) is 7.09. The molecule has 0 saturated carbocycles. The van der Waals surface area contributed by atoms with Crippen LogP contribution in [0.4, 0.5) is 4.39 Å². The SMILES string of the molecule is COc1ccc(F)c([C@H]2C(C#N)=C(N)OC3=C2C(=O)CC(C)(C)C3)c1. The lowest BCUT2D eigenvalue weighted by atomic mass is 9.70. The van der Waals surface area contributed by atoms with Crippen LogP contribution in [-0.2, 0) is 9.53 Å². The van der Waals surface area contributed by atoms with Gasteiger partial charge in [0.15, 0.2) is 5.78 Å². The summed E-state index contributed by atoms with van der Waals surface area (Å²) in [5.41, 5.74) is 6.18. The summed E-state index contributed by atoms with van der Waals surface area (Å²) in [5, 5.41) is 9.53. The first-order valence-corrected chi connectivity index (χ1v) is 7.94. The van der Waals surface area contributed by atoms with Gasteiger partial charge in [0, 0.05) is 24.0 Å². The number of nitriles is 1. The lowest BCUT2D eigenvalue weighted by Gasteiger charge is -2.37. The smallest absolute Gasteiger partial charge is 0.205 e. The van der Waals surface area contributed by atoms with Crippen molar-refractivity contribution in [1.82, 2.24) is 0 Å². The molecule has 0 fully saturated rings. The molecule has 1 aromatic carbocycles. The number of Topliss-reactive ketones (excluding diaryl/α,β-unsaturated/α-hetero) is 1. The monoisotopic (exact) mass is 342 g/mol. The van der Waals surface area contributed by atoms with Crippen LogP contribution in [-0.4, -0.2) is 12.9 Å². The van der Waals surface area contributed by atoms with Crippen LogP contribution in [0.3, 0.4) is 0 Å². The molecule has 1 aromatic rings. The number of hydrogen-bond acceptors (Lipinski definition) is 5. The van der Waals surface area contributed by atoms with Crippen molar-refractivity contribution in [2.45, 2.75) is 32.6 Å². The summed E-state index contributed by atoms with van der Waals surface area (Å²) in [7, 11) is 1.47. The number of allylic oxidation sites excluding steroid dienone is 3. The molecular weight excluding hydrogens is 323 g/mol. The van der Waals surface area contributed by atoms with E-state index in [0.717, 1.165) is 0 Å². The zero-order chi connectivity index (χ0) is 18.4. The summed E-state index contributed by atoms with van der Waals surface area (Å²) in [6.45, 7) is 3.91. The van der Waals surface area contributed by atoms with Crippen molar-refractivity contribution < 1.29 is 18.7 Å². The Bertz CT molecular complexity index is 862. The molecule has 1 atom stereocenters. The molecule has 25 heavy (non-hydrogen) atoms. The highest BCUT2D eigenvalue weighted by Gasteiger charge is 2.43. The molecule has 3 rings (SSSR count). The van der Waals surface area contributed by atoms with E-state index in [1.54, 1.807) is 0 Å². The van der Waals surface area contributed by atoms with Gasteiger partial charge in [0.2, 0.25) is 5.88 Å². The van der Waals surface area contributed by atoms with Gasteiger partial charge >= 0.3 is 0 Å². The molecule has 5 nitrogen and oxygen atoms in total. The standard InChI is InChI=1S/C19H19FN2O3/c1-19(2)7-14(23)17-15(8-19)25-18(22)12(9-21)16(17)11-6-10(24-3)4-5-13(11)20/h4-6,16H,7-8,22H2,1-3H3/t16-/m0/s1. The van der Waals surface area contributed by atoms with Gasteiger partial charge in [-0.05, 0) is 23.6 Å². The highest BCUT2D eigenvalue weighted by Crippen LogP contribution is 2.48. The molecule has 0 spiro atoms. The molecule has 0 saturated heterocycles. The Morgan fingerprint density at radius 3 is 2.76 bits per heavy atom. The van der Waals surface area contributed by atoms with Gasteiger partial charge in [0.05, 0.1) is 13.0 Å². The van der Waals surface area contributed by atoms with Gasteiger partial charge in [-0.15, -0.1) is 0 Å². The summed E-state index contributed by atoms with van der Waals surface area (Å²) >= 11 is 0. The van der Waals surface area contributed by atoms with E-state index in [1.165, 1.54) is 25.3 Å². The third-order valence-electron chi connectivity index (χ3n) is 4.59. The number of carbonyl (C=O) groups is 1. The van der Waals surface area contributed by atoms with Crippen LogP contribution in [0, 0.1) is 22.6 Å². The van der Waals surface area contributed by atoms with Gasteiger partial charge in [0.1, 0.15) is 29.0 Å². The normalized spacial score (nSPS) is 22.2. The van der Waals surface area contributed by atoms with Gasteiger partial charge in [0.25, 0.3) is 0 Å². The minimum absolute atomic E-state index is 0.0407. The number of methoxy groups -OCH3 is 1. The zero-order valence-corrected chi connectivity index (χ0v) is 14.4. The number of benzene rings is 1. The first kappa shape index (κ1) is 17.0. The highest BCUT2D eigenvalue weighted by atomic mass is 19.1. The maximum atomic E-state index is 14.6. The van der Waals surface area contributed by atoms with Crippen LogP contribution in [0.1, 0.15) is 38.2 Å². The Hall–Kier alpha value is -2.81. The molecule has 1 heterocycles. The zero-order valence-electron chi connectivity index (χ0n) is 14.4. The number of nitrogens with zero attached hydrogens (tertiary/aromatic N) is 1. The minimum Gasteiger partial charge on any atom is -0.497 e. The topological polar surface area (TPSA) is 85.3 Å². The van der Waals surface area contributed by atoms with Crippen molar-refractivity contribution in [2.75, 3.05) is 7.11 Å². The predicted octanol–water partition coefficient (Wildman–Crippen LogP) is 3.29. The lowest BCUT2D eigenvalue weighted by Crippen LogP contribution is -2.33. The fourth-order valence-corrected chi connectivity index (χ4v) is 3.47. The average Bonchev–Trinajstić information content (AvgIpc) is 2.53. The average molecular weight is 342 g/mol. The fraction of sp³-hybridized carbons (Fsp3) is 0.368. The maximum absolute atomic E-state index is 14.6. The first-order valence-electron chi connectivity index (χ1n) is 7.94. The van der Waals surface area contributed by atoms with Crippen molar-refractivity contribution in [3.63, 3.8) is 0 Å². The number of carbonyl (C=O) groups excluding carboxylic acids is 1. The van der Waals surface area contributed by atoms with Crippen LogP contribution in [0.5, 0.6) is 5.75 Å². The fourth-order valence-electron chi connectivity index (χ4n) is 3.47. The lowest BCUT2D eigenvalue weighted by molar-refractivity contribution is -0.119. The van der Waals surface area contributed by atoms with Crippen molar-refractivity contribution >= 4 is 5.78 Å². The number of rotatable bonds is 2. The molecule has 0 aromatic heterocycles. The van der Waals surface area contributed by atoms with Gasteiger partial charge in [-0.2, -0.15) is 5.26 Å². The Kier molecular flexibility index (Phi) is 4.03. The van der Waals surface area contributed by atoms with Gasteiger partial charge in [-0.25, -0.2) is 4.39 Å². The summed E-state index contributed by atoms with van der Waals surface area (Å²) in [5.74, 6) is -0.794. The second-order valence-electron chi connectivity index (χ2n) is 7.09. The molecule has 2 N–H and O–H groups in total. The van der Waals surface area contributed by atoms with Crippen molar-refractivity contribution in [2.24, 2.45) is 11.1 Å². The highest BCUT2D eigenvalue weighted by molar-refractivity contribution is 6.00. The van der Waals surface area contributed by atoms with Crippen molar-refractivity contribution in [1.29, 1.82) is 5.26 Å². The largest absolute Gasteiger partial charge is 0.497 e. The Morgan fingerprint density at radius 2 is 2.12 bits per heavy atom. The molecule has 0 amide bonds. The summed E-state index contributed by atoms with van der Waals surface area (Å²) in [6.07, 6.45) is 0.797. The number of ketones is 1. The molecule has 0 bridgehead atoms. The summed E-state index contributed by atoms with van der Waals surface area (Å²) < 4.78 is 25.3. The first-order chi connectivity index (χ1) is 11.8. The van der Waals surface area contributed by atoms with E-state index in [0.29, 0.717) is 29.9 Å². The van der Waals surface area contributed by atoms with E-state index in [9.17, 15) is 14.4 Å².